The summed E-state index contributed by atoms with van der Waals surface area (Å²) in [6.07, 6.45) is 5.03. The van der Waals surface area contributed by atoms with Crippen molar-refractivity contribution < 1.29 is 13.9 Å². The number of nitrogens with one attached hydrogen (secondary N) is 1. The highest BCUT2D eigenvalue weighted by molar-refractivity contribution is 5.95. The Bertz CT molecular complexity index is 1650. The Morgan fingerprint density at radius 2 is 2.00 bits per heavy atom. The second kappa shape index (κ2) is 8.72. The number of nitrogens with zero attached hydrogens (tertiary/aromatic N) is 3. The second-order valence-corrected chi connectivity index (χ2v) is 8.56. The van der Waals surface area contributed by atoms with Crippen molar-refractivity contribution in [2.75, 3.05) is 12.4 Å². The Kier molecular flexibility index (Phi) is 5.56. The molecular formula is C27H24N4O4. The molecule has 5 aromatic rings. The molecule has 5 rings (SSSR count). The number of rotatable bonds is 5. The lowest BCUT2D eigenvalue weighted by Crippen LogP contribution is -2.13. The number of methoxy groups -OCH3 is 1. The normalized spacial score (nSPS) is 12.1. The Morgan fingerprint density at radius 3 is 2.80 bits per heavy atom. The van der Waals surface area contributed by atoms with Gasteiger partial charge in [-0.15, -0.1) is 0 Å². The quantitative estimate of drug-likeness (QED) is 0.362. The molecule has 0 bridgehead atoms. The van der Waals surface area contributed by atoms with Gasteiger partial charge in [0.05, 0.1) is 41.5 Å². The number of carbonyl (C=O) groups is 1. The van der Waals surface area contributed by atoms with Gasteiger partial charge in [-0.3, -0.25) is 14.5 Å². The third-order valence-corrected chi connectivity index (χ3v) is 5.97. The Hall–Kier alpha value is -4.46. The molecule has 2 aromatic carbocycles. The van der Waals surface area contributed by atoms with Crippen molar-refractivity contribution in [3.63, 3.8) is 0 Å². The van der Waals surface area contributed by atoms with Gasteiger partial charge in [0.2, 0.25) is 0 Å². The summed E-state index contributed by atoms with van der Waals surface area (Å²) in [5, 5.41) is 9.19. The van der Waals surface area contributed by atoms with Gasteiger partial charge in [0.15, 0.2) is 5.43 Å². The molecule has 0 saturated carbocycles. The molecule has 0 aliphatic heterocycles. The summed E-state index contributed by atoms with van der Waals surface area (Å²) in [7, 11) is 3.20. The van der Waals surface area contributed by atoms with Crippen molar-refractivity contribution in [1.29, 1.82) is 0 Å². The van der Waals surface area contributed by atoms with Crippen LogP contribution in [-0.4, -0.2) is 27.8 Å². The minimum absolute atomic E-state index is 0.124. The number of esters is 1. The summed E-state index contributed by atoms with van der Waals surface area (Å²) >= 11 is 0. The van der Waals surface area contributed by atoms with Gasteiger partial charge in [0, 0.05) is 42.0 Å². The van der Waals surface area contributed by atoms with Crippen LogP contribution in [0.15, 0.2) is 70.3 Å². The van der Waals surface area contributed by atoms with E-state index in [2.05, 4.69) is 15.4 Å². The van der Waals surface area contributed by atoms with Gasteiger partial charge in [-0.25, -0.2) is 4.79 Å². The van der Waals surface area contributed by atoms with Crippen molar-refractivity contribution >= 4 is 33.5 Å². The summed E-state index contributed by atoms with van der Waals surface area (Å²) in [6, 6.07) is 12.4. The fraction of sp³-hybridized carbons (Fsp3) is 0.185. The molecule has 3 aromatic heterocycles. The van der Waals surface area contributed by atoms with Crippen LogP contribution in [0.1, 0.15) is 34.5 Å². The highest BCUT2D eigenvalue weighted by Crippen LogP contribution is 2.32. The van der Waals surface area contributed by atoms with E-state index in [1.807, 2.05) is 57.4 Å². The fourth-order valence-electron chi connectivity index (χ4n) is 4.31. The number of hydrogen-bond acceptors (Lipinski definition) is 7. The molecule has 0 aliphatic rings. The van der Waals surface area contributed by atoms with Crippen LogP contribution in [0.3, 0.4) is 0 Å². The molecule has 0 fully saturated rings. The zero-order valence-electron chi connectivity index (χ0n) is 19.8. The maximum Gasteiger partial charge on any atom is 0.340 e. The maximum absolute atomic E-state index is 13.1. The number of benzene rings is 2. The van der Waals surface area contributed by atoms with Crippen LogP contribution in [0.25, 0.3) is 33.2 Å². The molecule has 0 saturated heterocycles. The largest absolute Gasteiger partial charge is 0.465 e. The number of pyridine rings is 1. The molecule has 0 amide bonds. The van der Waals surface area contributed by atoms with E-state index in [9.17, 15) is 9.59 Å². The molecule has 1 atom stereocenters. The number of hydrogen-bond donors (Lipinski definition) is 1. The molecule has 0 spiro atoms. The highest BCUT2D eigenvalue weighted by Gasteiger charge is 2.19. The van der Waals surface area contributed by atoms with Crippen LogP contribution in [0.2, 0.25) is 0 Å². The van der Waals surface area contributed by atoms with E-state index < -0.39 is 5.97 Å². The van der Waals surface area contributed by atoms with Crippen molar-refractivity contribution in [2.45, 2.75) is 19.9 Å². The van der Waals surface area contributed by atoms with E-state index in [-0.39, 0.29) is 11.5 Å². The number of aromatic nitrogens is 3. The van der Waals surface area contributed by atoms with Crippen LogP contribution < -0.4 is 10.7 Å². The Balaban J connectivity index is 1.62. The number of anilines is 1. The van der Waals surface area contributed by atoms with E-state index in [0.717, 1.165) is 27.6 Å². The van der Waals surface area contributed by atoms with Crippen LogP contribution >= 0.6 is 0 Å². The first-order valence-electron chi connectivity index (χ1n) is 11.1. The molecule has 8 nitrogen and oxygen atoms in total. The van der Waals surface area contributed by atoms with Crippen molar-refractivity contribution in [3.8, 4) is 11.3 Å². The molecule has 176 valence electrons. The van der Waals surface area contributed by atoms with Crippen LogP contribution in [-0.2, 0) is 11.8 Å². The van der Waals surface area contributed by atoms with Crippen LogP contribution in [0.5, 0.6) is 0 Å². The van der Waals surface area contributed by atoms with Gasteiger partial charge in [0.25, 0.3) is 0 Å². The number of carbonyl (C=O) groups excluding carboxylic acids is 1. The number of fused-ring (bicyclic) bond motifs is 2. The van der Waals surface area contributed by atoms with E-state index in [4.69, 9.17) is 9.15 Å². The third-order valence-electron chi connectivity index (χ3n) is 5.97. The predicted octanol–water partition coefficient (Wildman–Crippen LogP) is 5.01. The molecule has 0 radical (unpaired) electrons. The standard InChI is InChI=1S/C27H24N4O4/c1-15-9-20(16(2)29-23-13-28-8-7-19(23)27(33)34-4)26-21(10-15)24(32)12-25(35-26)17-5-6-22-18(11-17)14-31(3)30-22/h5-14,16,29H,1-4H3. The first-order valence-corrected chi connectivity index (χ1v) is 11.1. The molecule has 1 unspecified atom stereocenters. The van der Waals surface area contributed by atoms with Gasteiger partial charge < -0.3 is 14.5 Å². The maximum atomic E-state index is 13.1. The molecule has 3 heterocycles. The number of ether oxygens (including phenoxy) is 1. The van der Waals surface area contributed by atoms with Crippen molar-refractivity contribution in [2.24, 2.45) is 7.05 Å². The van der Waals surface area contributed by atoms with E-state index >= 15 is 0 Å². The first kappa shape index (κ1) is 22.3. The Labute approximate surface area is 201 Å². The predicted molar refractivity (Wildman–Crippen MR) is 135 cm³/mol. The Morgan fingerprint density at radius 1 is 1.17 bits per heavy atom. The topological polar surface area (TPSA) is 99.2 Å². The molecular weight excluding hydrogens is 444 g/mol. The highest BCUT2D eigenvalue weighted by atomic mass is 16.5. The SMILES string of the molecule is COC(=O)c1ccncc1NC(C)c1cc(C)cc2c(=O)cc(-c3ccc4nn(C)cc4c3)oc12. The van der Waals surface area contributed by atoms with Gasteiger partial charge >= 0.3 is 5.97 Å². The van der Waals surface area contributed by atoms with Gasteiger partial charge in [-0.05, 0) is 49.7 Å². The summed E-state index contributed by atoms with van der Waals surface area (Å²) in [4.78, 5) is 29.5. The minimum Gasteiger partial charge on any atom is -0.465 e. The van der Waals surface area contributed by atoms with Crippen molar-refractivity contribution in [3.05, 3.63) is 88.0 Å². The molecule has 35 heavy (non-hydrogen) atoms. The van der Waals surface area contributed by atoms with Gasteiger partial charge in [0.1, 0.15) is 11.3 Å². The van der Waals surface area contributed by atoms with Crippen molar-refractivity contribution in [1.82, 2.24) is 14.8 Å². The van der Waals surface area contributed by atoms with E-state index in [1.165, 1.54) is 19.4 Å². The zero-order valence-corrected chi connectivity index (χ0v) is 19.8. The van der Waals surface area contributed by atoms with Gasteiger partial charge in [-0.2, -0.15) is 5.10 Å². The minimum atomic E-state index is -0.462. The fourth-order valence-corrected chi connectivity index (χ4v) is 4.31. The lowest BCUT2D eigenvalue weighted by atomic mass is 10.00. The average molecular weight is 469 g/mol. The zero-order chi connectivity index (χ0) is 24.7. The molecule has 8 heteroatoms. The van der Waals surface area contributed by atoms with Crippen LogP contribution in [0.4, 0.5) is 5.69 Å². The van der Waals surface area contributed by atoms with E-state index in [1.54, 1.807) is 16.9 Å². The molecule has 0 aliphatic carbocycles. The summed E-state index contributed by atoms with van der Waals surface area (Å²) in [6.45, 7) is 3.87. The van der Waals surface area contributed by atoms with Crippen LogP contribution in [0, 0.1) is 6.92 Å². The van der Waals surface area contributed by atoms with E-state index in [0.29, 0.717) is 28.0 Å². The smallest absolute Gasteiger partial charge is 0.340 e. The summed E-state index contributed by atoms with van der Waals surface area (Å²) < 4.78 is 13.0. The second-order valence-electron chi connectivity index (χ2n) is 8.56. The average Bonchev–Trinajstić information content (AvgIpc) is 3.23. The summed E-state index contributed by atoms with van der Waals surface area (Å²) in [5.41, 5.74) is 4.65. The monoisotopic (exact) mass is 468 g/mol. The molecule has 1 N–H and O–H groups in total. The summed E-state index contributed by atoms with van der Waals surface area (Å²) in [5.74, 6) is 0.0120. The lowest BCUT2D eigenvalue weighted by Gasteiger charge is -2.19. The number of aryl methyl sites for hydroxylation is 2. The third kappa shape index (κ3) is 4.14. The van der Waals surface area contributed by atoms with Gasteiger partial charge in [-0.1, -0.05) is 6.07 Å². The lowest BCUT2D eigenvalue weighted by molar-refractivity contribution is 0.0601. The first-order chi connectivity index (χ1) is 16.8.